The van der Waals surface area contributed by atoms with Gasteiger partial charge in [-0.2, -0.15) is 4.31 Å². The zero-order valence-electron chi connectivity index (χ0n) is 22.7. The molecule has 0 aliphatic carbocycles. The number of carboxylic acid groups (broad SMARTS) is 1. The van der Waals surface area contributed by atoms with E-state index in [1.54, 1.807) is 0 Å². The molecular formula is C26H36N2O7SSi. The number of sulfonamides is 1. The Morgan fingerprint density at radius 2 is 1.73 bits per heavy atom. The summed E-state index contributed by atoms with van der Waals surface area (Å²) in [5.74, 6) is -1.06. The smallest absolute Gasteiger partial charge is 0.337 e. The van der Waals surface area contributed by atoms with Gasteiger partial charge < -0.3 is 9.84 Å². The van der Waals surface area contributed by atoms with Crippen LogP contribution >= 0.6 is 0 Å². The Bertz CT molecular complexity index is 1360. The van der Waals surface area contributed by atoms with Crippen molar-refractivity contribution in [3.63, 3.8) is 0 Å². The highest BCUT2D eigenvalue weighted by molar-refractivity contribution is 7.89. The van der Waals surface area contributed by atoms with E-state index in [-0.39, 0.29) is 18.0 Å². The fourth-order valence-corrected chi connectivity index (χ4v) is 9.22. The van der Waals surface area contributed by atoms with Gasteiger partial charge in [0.05, 0.1) is 18.6 Å². The van der Waals surface area contributed by atoms with E-state index in [1.165, 1.54) is 28.6 Å². The molecule has 11 heteroatoms. The van der Waals surface area contributed by atoms with Crippen LogP contribution in [0.5, 0.6) is 0 Å². The minimum Gasteiger partial charge on any atom is -0.479 e. The molecule has 3 rings (SSSR count). The Kier molecular flexibility index (Phi) is 7.78. The molecule has 37 heavy (non-hydrogen) atoms. The minimum atomic E-state index is -4.14. The highest BCUT2D eigenvalue weighted by atomic mass is 32.2. The van der Waals surface area contributed by atoms with Gasteiger partial charge in [0.1, 0.15) is 0 Å². The number of aliphatic carboxylic acids is 1. The van der Waals surface area contributed by atoms with E-state index in [0.717, 1.165) is 27.4 Å². The third-order valence-electron chi connectivity index (χ3n) is 6.65. The Morgan fingerprint density at radius 3 is 2.24 bits per heavy atom. The normalized spacial score (nSPS) is 15.8. The van der Waals surface area contributed by atoms with Crippen LogP contribution in [0, 0.1) is 24.0 Å². The van der Waals surface area contributed by atoms with Gasteiger partial charge in [-0.05, 0) is 74.9 Å². The van der Waals surface area contributed by atoms with E-state index >= 15 is 0 Å². The number of fused-ring (bicyclic) bond motifs is 1. The molecule has 0 spiro atoms. The van der Waals surface area contributed by atoms with Crippen molar-refractivity contribution in [2.24, 2.45) is 0 Å². The molecular weight excluding hydrogens is 512 g/mol. The Labute approximate surface area is 219 Å². The highest BCUT2D eigenvalue weighted by Crippen LogP contribution is 2.37. The first-order chi connectivity index (χ1) is 16.9. The second-order valence-corrected chi connectivity index (χ2v) is 18.4. The van der Waals surface area contributed by atoms with Gasteiger partial charge in [0.25, 0.3) is 5.69 Å². The number of hydrogen-bond donors (Lipinski definition) is 1. The van der Waals surface area contributed by atoms with Gasteiger partial charge in [-0.25, -0.2) is 13.2 Å². The predicted molar refractivity (Wildman–Crippen MR) is 145 cm³/mol. The Balaban J connectivity index is 2.22. The molecule has 0 saturated heterocycles. The lowest BCUT2D eigenvalue weighted by Gasteiger charge is -2.37. The Hall–Kier alpha value is -2.60. The van der Waals surface area contributed by atoms with Crippen molar-refractivity contribution < 1.29 is 28.0 Å². The number of nitrogens with zero attached hydrogens (tertiary/aromatic N) is 2. The van der Waals surface area contributed by atoms with E-state index < -0.39 is 46.4 Å². The summed E-state index contributed by atoms with van der Waals surface area (Å²) >= 11 is 0. The molecule has 1 unspecified atom stereocenters. The van der Waals surface area contributed by atoms with E-state index in [0.29, 0.717) is 12.0 Å². The second kappa shape index (κ2) is 9.94. The molecule has 1 aliphatic rings. The number of carbonyl (C=O) groups is 1. The maximum atomic E-state index is 13.6. The summed E-state index contributed by atoms with van der Waals surface area (Å²) in [6, 6.07) is 5.37. The van der Waals surface area contributed by atoms with E-state index in [9.17, 15) is 28.4 Å². The summed E-state index contributed by atoms with van der Waals surface area (Å²) in [6.07, 6.45) is -0.789. The van der Waals surface area contributed by atoms with Crippen molar-refractivity contribution in [3.05, 3.63) is 62.2 Å². The third-order valence-corrected chi connectivity index (χ3v) is 10.7. The molecule has 1 N–H and O–H groups in total. The summed E-state index contributed by atoms with van der Waals surface area (Å²) in [5.41, 5.74) is 2.99. The lowest BCUT2D eigenvalue weighted by molar-refractivity contribution is -0.387. The first-order valence-electron chi connectivity index (χ1n) is 12.2. The van der Waals surface area contributed by atoms with Crippen molar-refractivity contribution in [3.8, 4) is 0 Å². The van der Waals surface area contributed by atoms with Gasteiger partial charge in [-0.1, -0.05) is 37.0 Å². The van der Waals surface area contributed by atoms with Crippen LogP contribution in [-0.4, -0.2) is 48.9 Å². The van der Waals surface area contributed by atoms with Crippen molar-refractivity contribution in [2.45, 2.75) is 83.8 Å². The lowest BCUT2D eigenvalue weighted by Crippen LogP contribution is -2.47. The number of rotatable bonds is 7. The minimum absolute atomic E-state index is 0.0615. The topological polar surface area (TPSA) is 127 Å². The molecule has 0 saturated carbocycles. The van der Waals surface area contributed by atoms with Crippen LogP contribution in [0.4, 0.5) is 5.69 Å². The number of nitro benzene ring substituents is 1. The molecule has 0 fully saturated rings. The van der Waals surface area contributed by atoms with Crippen molar-refractivity contribution >= 4 is 34.9 Å². The molecule has 1 aliphatic heterocycles. The number of benzene rings is 2. The summed E-state index contributed by atoms with van der Waals surface area (Å²) in [4.78, 5) is 23.0. The van der Waals surface area contributed by atoms with Gasteiger partial charge in [0.2, 0.25) is 10.0 Å². The molecule has 1 heterocycles. The zero-order valence-corrected chi connectivity index (χ0v) is 24.5. The second-order valence-electron chi connectivity index (χ2n) is 11.5. The molecule has 9 nitrogen and oxygen atoms in total. The van der Waals surface area contributed by atoms with Crippen LogP contribution < -0.4 is 5.19 Å². The van der Waals surface area contributed by atoms with Crippen LogP contribution in [0.3, 0.4) is 0 Å². The quantitative estimate of drug-likeness (QED) is 0.308. The standard InChI is InChI=1S/C26H36N2O7SSi/c1-16-18-13-14-27(36(33,34)21-12-10-9-11-20(21)28(31)32)15-19(18)17(2)24(37(6,7)8)22(16)23(25(29)30)35-26(3,4)5/h9-12,23H,13-15H2,1-8H3,(H,29,30). The van der Waals surface area contributed by atoms with Crippen molar-refractivity contribution in [1.29, 1.82) is 0 Å². The van der Waals surface area contributed by atoms with Gasteiger partial charge in [0.15, 0.2) is 11.0 Å². The fourth-order valence-electron chi connectivity index (χ4n) is 5.25. The zero-order chi connectivity index (χ0) is 28.1. The SMILES string of the molecule is Cc1c2c(c(C)c([Si](C)(C)C)c1C(OC(C)(C)C)C(=O)O)CN(S(=O)(=O)c1ccccc1[N+](=O)[O-])CC2. The van der Waals surface area contributed by atoms with Crippen LogP contribution in [-0.2, 0) is 32.5 Å². The molecule has 0 bridgehead atoms. The van der Waals surface area contributed by atoms with Crippen molar-refractivity contribution in [1.82, 2.24) is 4.31 Å². The van der Waals surface area contributed by atoms with Crippen LogP contribution in [0.1, 0.15) is 54.7 Å². The van der Waals surface area contributed by atoms with E-state index in [2.05, 4.69) is 19.6 Å². The first kappa shape index (κ1) is 29.0. The molecule has 1 atom stereocenters. The number of carboxylic acids is 1. The Morgan fingerprint density at radius 1 is 1.14 bits per heavy atom. The molecule has 0 radical (unpaired) electrons. The highest BCUT2D eigenvalue weighted by Gasteiger charge is 2.40. The van der Waals surface area contributed by atoms with Crippen molar-refractivity contribution in [2.75, 3.05) is 6.54 Å². The van der Waals surface area contributed by atoms with Crippen LogP contribution in [0.25, 0.3) is 0 Å². The number of nitro groups is 1. The summed E-state index contributed by atoms with van der Waals surface area (Å²) in [7, 11) is -6.29. The average molecular weight is 549 g/mol. The fraction of sp³-hybridized carbons (Fsp3) is 0.500. The van der Waals surface area contributed by atoms with Gasteiger partial charge in [-0.3, -0.25) is 10.1 Å². The summed E-state index contributed by atoms with van der Waals surface area (Å²) < 4.78 is 34.5. The maximum absolute atomic E-state index is 13.6. The average Bonchev–Trinajstić information content (AvgIpc) is 2.77. The number of ether oxygens (including phenoxy) is 1. The van der Waals surface area contributed by atoms with E-state index in [4.69, 9.17) is 4.74 Å². The van der Waals surface area contributed by atoms with Crippen LogP contribution in [0.2, 0.25) is 19.6 Å². The lowest BCUT2D eigenvalue weighted by atomic mass is 9.86. The summed E-state index contributed by atoms with van der Waals surface area (Å²) in [6.45, 7) is 15.9. The third kappa shape index (κ3) is 5.64. The van der Waals surface area contributed by atoms with Gasteiger partial charge in [-0.15, -0.1) is 0 Å². The molecule has 0 amide bonds. The maximum Gasteiger partial charge on any atom is 0.337 e. The molecule has 2 aromatic rings. The first-order valence-corrected chi connectivity index (χ1v) is 17.1. The molecule has 202 valence electrons. The largest absolute Gasteiger partial charge is 0.479 e. The summed E-state index contributed by atoms with van der Waals surface area (Å²) in [5, 5.41) is 22.7. The molecule has 0 aromatic heterocycles. The molecule has 2 aromatic carbocycles. The number of para-hydroxylation sites is 1. The monoisotopic (exact) mass is 548 g/mol. The van der Waals surface area contributed by atoms with E-state index in [1.807, 2.05) is 34.6 Å². The van der Waals surface area contributed by atoms with Crippen LogP contribution in [0.15, 0.2) is 29.2 Å². The predicted octanol–water partition coefficient (Wildman–Crippen LogP) is 4.44. The van der Waals surface area contributed by atoms with Gasteiger partial charge in [0, 0.05) is 19.2 Å². The van der Waals surface area contributed by atoms with Gasteiger partial charge >= 0.3 is 5.97 Å². The number of hydrogen-bond acceptors (Lipinski definition) is 6.